The number of aryl methyl sites for hydroxylation is 1. The molecule has 0 bridgehead atoms. The number of nitrogens with zero attached hydrogens (tertiary/aromatic N) is 2. The molecule has 126 valence electrons. The lowest BCUT2D eigenvalue weighted by Crippen LogP contribution is -2.12. The quantitative estimate of drug-likeness (QED) is 0.571. The van der Waals surface area contributed by atoms with Crippen LogP contribution in [0.2, 0.25) is 0 Å². The lowest BCUT2D eigenvalue weighted by molar-refractivity contribution is 0.595. The van der Waals surface area contributed by atoms with E-state index in [1.54, 1.807) is 11.3 Å². The first-order valence-electron chi connectivity index (χ1n) is 8.60. The average Bonchev–Trinajstić information content (AvgIpc) is 2.92. The molecule has 2 nitrogen and oxygen atoms in total. The van der Waals surface area contributed by atoms with Gasteiger partial charge in [0.25, 0.3) is 0 Å². The van der Waals surface area contributed by atoms with E-state index in [-0.39, 0.29) is 5.41 Å². The van der Waals surface area contributed by atoms with Crippen LogP contribution >= 0.6 is 11.3 Å². The largest absolute Gasteiger partial charge is 0.246 e. The number of thiazole rings is 1. The highest BCUT2D eigenvalue weighted by molar-refractivity contribution is 7.09. The number of rotatable bonds is 3. The second-order valence-corrected chi connectivity index (χ2v) is 8.99. The summed E-state index contributed by atoms with van der Waals surface area (Å²) in [4.78, 5) is 9.75. The van der Waals surface area contributed by atoms with Gasteiger partial charge in [-0.05, 0) is 41.5 Å². The van der Waals surface area contributed by atoms with Crippen molar-refractivity contribution < 1.29 is 0 Å². The average molecular weight is 339 g/mol. The minimum atomic E-state index is 0.0714. The molecule has 0 amide bonds. The van der Waals surface area contributed by atoms with E-state index in [2.05, 4.69) is 71.2 Å². The van der Waals surface area contributed by atoms with Crippen molar-refractivity contribution in [3.8, 4) is 11.4 Å². The van der Waals surface area contributed by atoms with Gasteiger partial charge in [0, 0.05) is 17.2 Å². The Bertz CT molecular complexity index is 869. The fourth-order valence-electron chi connectivity index (χ4n) is 2.96. The van der Waals surface area contributed by atoms with Gasteiger partial charge in [-0.1, -0.05) is 46.8 Å². The predicted octanol–water partition coefficient (Wildman–Crippen LogP) is 6.16. The molecule has 2 aromatic heterocycles. The van der Waals surface area contributed by atoms with Crippen molar-refractivity contribution in [2.75, 3.05) is 0 Å². The van der Waals surface area contributed by atoms with Crippen LogP contribution < -0.4 is 0 Å². The second kappa shape index (κ2) is 6.29. The van der Waals surface area contributed by atoms with E-state index in [4.69, 9.17) is 9.97 Å². The van der Waals surface area contributed by atoms with Crippen molar-refractivity contribution in [2.45, 2.75) is 53.4 Å². The highest BCUT2D eigenvalue weighted by atomic mass is 32.1. The third-order valence-corrected chi connectivity index (χ3v) is 5.04. The first-order valence-corrected chi connectivity index (χ1v) is 9.48. The third kappa shape index (κ3) is 3.51. The Morgan fingerprint density at radius 3 is 2.46 bits per heavy atom. The van der Waals surface area contributed by atoms with Gasteiger partial charge in [-0.3, -0.25) is 0 Å². The van der Waals surface area contributed by atoms with Crippen LogP contribution in [0.4, 0.5) is 0 Å². The molecule has 0 radical (unpaired) electrons. The number of benzene rings is 1. The van der Waals surface area contributed by atoms with E-state index >= 15 is 0 Å². The first kappa shape index (κ1) is 17.1. The van der Waals surface area contributed by atoms with E-state index in [1.165, 1.54) is 21.5 Å². The summed E-state index contributed by atoms with van der Waals surface area (Å²) in [6.07, 6.45) is 1.03. The van der Waals surface area contributed by atoms with Crippen LogP contribution in [-0.4, -0.2) is 9.97 Å². The molecule has 24 heavy (non-hydrogen) atoms. The zero-order valence-electron chi connectivity index (χ0n) is 15.5. The van der Waals surface area contributed by atoms with Crippen LogP contribution in [0.1, 0.15) is 50.8 Å². The minimum Gasteiger partial charge on any atom is -0.246 e. The van der Waals surface area contributed by atoms with Crippen LogP contribution in [0, 0.1) is 12.8 Å². The lowest BCUT2D eigenvalue weighted by atomic mass is 9.84. The molecule has 3 heteroatoms. The molecular formula is C21H26N2S. The predicted molar refractivity (Wildman–Crippen MR) is 105 cm³/mol. The van der Waals surface area contributed by atoms with Crippen molar-refractivity contribution in [1.29, 1.82) is 0 Å². The van der Waals surface area contributed by atoms with Crippen LogP contribution in [-0.2, 0) is 11.8 Å². The summed E-state index contributed by atoms with van der Waals surface area (Å²) < 4.78 is 0. The summed E-state index contributed by atoms with van der Waals surface area (Å²) in [5.74, 6) is 0.626. The smallest absolute Gasteiger partial charge is 0.0999 e. The molecule has 0 spiro atoms. The fraction of sp³-hybridized carbons (Fsp3) is 0.429. The third-order valence-electron chi connectivity index (χ3n) is 4.17. The van der Waals surface area contributed by atoms with E-state index in [9.17, 15) is 0 Å². The number of fused-ring (bicyclic) bond motifs is 1. The molecular weight excluding hydrogens is 312 g/mol. The Kier molecular flexibility index (Phi) is 4.48. The minimum absolute atomic E-state index is 0.0714. The molecule has 0 unspecified atom stereocenters. The highest BCUT2D eigenvalue weighted by Crippen LogP contribution is 2.33. The lowest BCUT2D eigenvalue weighted by Gasteiger charge is -2.22. The highest BCUT2D eigenvalue weighted by Gasteiger charge is 2.20. The molecule has 0 saturated carbocycles. The van der Waals surface area contributed by atoms with Gasteiger partial charge in [-0.25, -0.2) is 9.97 Å². The first-order chi connectivity index (χ1) is 11.2. The molecule has 0 aliphatic rings. The van der Waals surface area contributed by atoms with Gasteiger partial charge in [0.2, 0.25) is 0 Å². The molecule has 0 fully saturated rings. The van der Waals surface area contributed by atoms with Gasteiger partial charge in [0.05, 0.1) is 21.9 Å². The van der Waals surface area contributed by atoms with Crippen LogP contribution in [0.15, 0.2) is 29.6 Å². The maximum absolute atomic E-state index is 4.92. The topological polar surface area (TPSA) is 25.8 Å². The number of pyridine rings is 1. The van der Waals surface area contributed by atoms with Crippen LogP contribution in [0.3, 0.4) is 0 Å². The summed E-state index contributed by atoms with van der Waals surface area (Å²) in [5, 5.41) is 4.59. The second-order valence-electron chi connectivity index (χ2n) is 8.05. The van der Waals surface area contributed by atoms with Crippen LogP contribution in [0.5, 0.6) is 0 Å². The summed E-state index contributed by atoms with van der Waals surface area (Å²) >= 11 is 1.74. The van der Waals surface area contributed by atoms with E-state index < -0.39 is 0 Å². The van der Waals surface area contributed by atoms with Gasteiger partial charge in [-0.2, -0.15) is 0 Å². The summed E-state index contributed by atoms with van der Waals surface area (Å²) in [7, 11) is 0. The molecule has 3 rings (SSSR count). The van der Waals surface area contributed by atoms with Crippen molar-refractivity contribution >= 4 is 22.2 Å². The van der Waals surface area contributed by atoms with Gasteiger partial charge < -0.3 is 0 Å². The Labute approximate surface area is 149 Å². The maximum Gasteiger partial charge on any atom is 0.0999 e. The zero-order valence-corrected chi connectivity index (χ0v) is 16.3. The number of aromatic nitrogens is 2. The molecule has 0 N–H and O–H groups in total. The molecule has 1 aromatic carbocycles. The van der Waals surface area contributed by atoms with E-state index in [1.807, 2.05) is 0 Å². The summed E-state index contributed by atoms with van der Waals surface area (Å²) in [5.41, 5.74) is 5.71. The normalized spacial score (nSPS) is 12.3. The van der Waals surface area contributed by atoms with Crippen molar-refractivity contribution in [2.24, 2.45) is 5.92 Å². The van der Waals surface area contributed by atoms with Gasteiger partial charge in [0.1, 0.15) is 0 Å². The SMILES string of the molecule is Cc1ccc2c(C(C)(C)C)cc(-c3csc(CC(C)C)n3)nc2c1. The van der Waals surface area contributed by atoms with Crippen molar-refractivity contribution in [3.05, 3.63) is 45.8 Å². The zero-order chi connectivity index (χ0) is 17.5. The molecule has 2 heterocycles. The Morgan fingerprint density at radius 2 is 1.79 bits per heavy atom. The molecule has 0 aliphatic heterocycles. The molecule has 0 atom stereocenters. The fourth-order valence-corrected chi connectivity index (χ4v) is 3.96. The Balaban J connectivity index is 2.16. The molecule has 3 aromatic rings. The van der Waals surface area contributed by atoms with Crippen LogP contribution in [0.25, 0.3) is 22.3 Å². The van der Waals surface area contributed by atoms with E-state index in [0.29, 0.717) is 5.92 Å². The Hall–Kier alpha value is -1.74. The van der Waals surface area contributed by atoms with Crippen molar-refractivity contribution in [1.82, 2.24) is 9.97 Å². The molecule has 0 saturated heterocycles. The maximum atomic E-state index is 4.92. The monoisotopic (exact) mass is 338 g/mol. The molecule has 0 aliphatic carbocycles. The van der Waals surface area contributed by atoms with Gasteiger partial charge in [-0.15, -0.1) is 11.3 Å². The summed E-state index contributed by atoms with van der Waals surface area (Å²) in [6.45, 7) is 13.4. The Morgan fingerprint density at radius 1 is 1.04 bits per heavy atom. The van der Waals surface area contributed by atoms with E-state index in [0.717, 1.165) is 23.3 Å². The standard InChI is InChI=1S/C21H26N2S/c1-13(2)9-20-23-19(12-24-20)18-11-16(21(4,5)6)15-8-7-14(3)10-17(15)22-18/h7-8,10-13H,9H2,1-6H3. The van der Waals surface area contributed by atoms with Gasteiger partial charge in [0.15, 0.2) is 0 Å². The van der Waals surface area contributed by atoms with Crippen molar-refractivity contribution in [3.63, 3.8) is 0 Å². The number of hydrogen-bond donors (Lipinski definition) is 0. The summed E-state index contributed by atoms with van der Waals surface area (Å²) in [6, 6.07) is 8.77. The number of hydrogen-bond acceptors (Lipinski definition) is 3. The van der Waals surface area contributed by atoms with Gasteiger partial charge >= 0.3 is 0 Å².